The van der Waals surface area contributed by atoms with Crippen molar-refractivity contribution >= 4 is 15.9 Å². The van der Waals surface area contributed by atoms with E-state index in [0.717, 1.165) is 5.25 Å². The number of rotatable bonds is 1. The molecule has 0 aromatic heterocycles. The van der Waals surface area contributed by atoms with Gasteiger partial charge in [-0.2, -0.15) is 10.5 Å². The summed E-state index contributed by atoms with van der Waals surface area (Å²) in [5, 5.41) is 3.18. The normalized spacial score (nSPS) is 29.3. The second kappa shape index (κ2) is 2.24. The monoisotopic (exact) mass is 150 g/mol. The van der Waals surface area contributed by atoms with Crippen molar-refractivity contribution in [1.82, 2.24) is 0 Å². The average molecular weight is 150 g/mol. The summed E-state index contributed by atoms with van der Waals surface area (Å²) >= 11 is 0. The van der Waals surface area contributed by atoms with E-state index < -0.39 is 0 Å². The SMILES string of the molecule is CS1=CC1c1ccccc1. The van der Waals surface area contributed by atoms with Crippen LogP contribution in [-0.4, -0.2) is 11.6 Å². The summed E-state index contributed by atoms with van der Waals surface area (Å²) in [5.41, 5.74) is 1.48. The molecule has 0 spiro atoms. The molecule has 1 heteroatoms. The van der Waals surface area contributed by atoms with Crippen molar-refractivity contribution in [3.05, 3.63) is 35.9 Å². The van der Waals surface area contributed by atoms with Crippen molar-refractivity contribution in [1.29, 1.82) is 0 Å². The van der Waals surface area contributed by atoms with Crippen LogP contribution >= 0.6 is 10.5 Å². The molecule has 0 N–H and O–H groups in total. The van der Waals surface area contributed by atoms with Crippen LogP contribution in [0.2, 0.25) is 0 Å². The maximum atomic E-state index is 2.40. The van der Waals surface area contributed by atoms with Gasteiger partial charge in [0.2, 0.25) is 0 Å². The predicted molar refractivity (Wildman–Crippen MR) is 48.8 cm³/mol. The summed E-state index contributed by atoms with van der Waals surface area (Å²) in [7, 11) is 0.575. The molecule has 2 rings (SSSR count). The molecule has 0 aliphatic carbocycles. The highest BCUT2D eigenvalue weighted by Crippen LogP contribution is 2.43. The van der Waals surface area contributed by atoms with Crippen LogP contribution in [0, 0.1) is 0 Å². The Labute approximate surface area is 63.8 Å². The summed E-state index contributed by atoms with van der Waals surface area (Å²) < 4.78 is 0. The molecule has 0 nitrogen and oxygen atoms in total. The van der Waals surface area contributed by atoms with Crippen molar-refractivity contribution in [3.63, 3.8) is 0 Å². The van der Waals surface area contributed by atoms with Gasteiger partial charge in [-0.25, -0.2) is 0 Å². The first kappa shape index (κ1) is 6.17. The van der Waals surface area contributed by atoms with Gasteiger partial charge in [0.05, 0.1) is 0 Å². The second-order valence-corrected chi connectivity index (χ2v) is 4.57. The maximum absolute atomic E-state index is 2.40. The molecule has 1 aromatic carbocycles. The van der Waals surface area contributed by atoms with E-state index in [-0.39, 0.29) is 0 Å². The Morgan fingerprint density at radius 2 is 1.80 bits per heavy atom. The largest absolute Gasteiger partial charge is 0.180 e. The van der Waals surface area contributed by atoms with Gasteiger partial charge < -0.3 is 0 Å². The highest BCUT2D eigenvalue weighted by molar-refractivity contribution is 8.22. The zero-order valence-electron chi connectivity index (χ0n) is 5.95. The van der Waals surface area contributed by atoms with Crippen LogP contribution in [0.4, 0.5) is 0 Å². The zero-order valence-corrected chi connectivity index (χ0v) is 6.77. The minimum atomic E-state index is 0.575. The van der Waals surface area contributed by atoms with E-state index in [1.165, 1.54) is 5.56 Å². The Balaban J connectivity index is 2.22. The van der Waals surface area contributed by atoms with Crippen LogP contribution in [0.5, 0.6) is 0 Å². The van der Waals surface area contributed by atoms with E-state index in [2.05, 4.69) is 42.0 Å². The smallest absolute Gasteiger partial charge is 0.0475 e. The van der Waals surface area contributed by atoms with E-state index in [4.69, 9.17) is 0 Å². The molecule has 0 amide bonds. The molecule has 2 atom stereocenters. The third-order valence-electron chi connectivity index (χ3n) is 1.79. The predicted octanol–water partition coefficient (Wildman–Crippen LogP) is 2.44. The summed E-state index contributed by atoms with van der Waals surface area (Å²) in [4.78, 5) is 0. The minimum absolute atomic E-state index is 0.575. The van der Waals surface area contributed by atoms with Crippen molar-refractivity contribution in [2.24, 2.45) is 0 Å². The molecule has 1 aromatic rings. The Hall–Kier alpha value is -0.560. The third-order valence-corrected chi connectivity index (χ3v) is 3.39. The molecular weight excluding hydrogens is 140 g/mol. The summed E-state index contributed by atoms with van der Waals surface area (Å²) in [6.45, 7) is 0. The van der Waals surface area contributed by atoms with Crippen LogP contribution in [0.3, 0.4) is 0 Å². The van der Waals surface area contributed by atoms with Crippen molar-refractivity contribution < 1.29 is 0 Å². The van der Waals surface area contributed by atoms with Gasteiger partial charge in [0.25, 0.3) is 0 Å². The lowest BCUT2D eigenvalue weighted by atomic mass is 10.2. The van der Waals surface area contributed by atoms with Gasteiger partial charge >= 0.3 is 0 Å². The van der Waals surface area contributed by atoms with Gasteiger partial charge in [0.15, 0.2) is 0 Å². The first-order valence-corrected chi connectivity index (χ1v) is 5.17. The summed E-state index contributed by atoms with van der Waals surface area (Å²) in [6.07, 6.45) is 2.29. The third kappa shape index (κ3) is 1.01. The highest BCUT2D eigenvalue weighted by Gasteiger charge is 2.19. The standard InChI is InChI=1S/C9H10S/c1-10-7-9(10)8-5-3-2-4-6-8/h2-7,9H,1H3. The first-order chi connectivity index (χ1) is 4.88. The van der Waals surface area contributed by atoms with E-state index in [0.29, 0.717) is 10.5 Å². The van der Waals surface area contributed by atoms with E-state index in [9.17, 15) is 0 Å². The molecule has 0 radical (unpaired) electrons. The van der Waals surface area contributed by atoms with Crippen molar-refractivity contribution in [3.8, 4) is 0 Å². The fourth-order valence-electron chi connectivity index (χ4n) is 1.10. The van der Waals surface area contributed by atoms with Gasteiger partial charge in [0.1, 0.15) is 0 Å². The number of hydrogen-bond acceptors (Lipinski definition) is 0. The van der Waals surface area contributed by atoms with E-state index in [1.807, 2.05) is 0 Å². The van der Waals surface area contributed by atoms with Gasteiger partial charge in [-0.3, -0.25) is 0 Å². The van der Waals surface area contributed by atoms with Gasteiger partial charge in [-0.1, -0.05) is 30.3 Å². The minimum Gasteiger partial charge on any atom is -0.180 e. The average Bonchev–Trinajstić information content (AvgIpc) is 2.69. The van der Waals surface area contributed by atoms with Crippen LogP contribution in [0.25, 0.3) is 0 Å². The van der Waals surface area contributed by atoms with Crippen molar-refractivity contribution in [2.75, 3.05) is 6.26 Å². The topological polar surface area (TPSA) is 0 Å². The summed E-state index contributed by atoms with van der Waals surface area (Å²) in [5.74, 6) is 0. The molecule has 0 fully saturated rings. The van der Waals surface area contributed by atoms with Crippen LogP contribution in [-0.2, 0) is 0 Å². The molecule has 10 heavy (non-hydrogen) atoms. The van der Waals surface area contributed by atoms with Gasteiger partial charge in [-0.05, 0) is 17.2 Å². The zero-order chi connectivity index (χ0) is 6.97. The van der Waals surface area contributed by atoms with Crippen molar-refractivity contribution in [2.45, 2.75) is 5.25 Å². The molecule has 1 heterocycles. The lowest BCUT2D eigenvalue weighted by Gasteiger charge is -1.95. The van der Waals surface area contributed by atoms with Crippen LogP contribution in [0.1, 0.15) is 10.8 Å². The summed E-state index contributed by atoms with van der Waals surface area (Å²) in [6, 6.07) is 10.7. The fraction of sp³-hybridized carbons (Fsp3) is 0.222. The molecule has 52 valence electrons. The van der Waals surface area contributed by atoms with E-state index in [1.54, 1.807) is 0 Å². The molecule has 0 bridgehead atoms. The molecule has 1 aliphatic heterocycles. The number of hydrogen-bond donors (Lipinski definition) is 0. The second-order valence-electron chi connectivity index (χ2n) is 2.57. The molecule has 2 unspecified atom stereocenters. The Morgan fingerprint density at radius 3 is 2.30 bits per heavy atom. The van der Waals surface area contributed by atoms with Gasteiger partial charge in [-0.15, -0.1) is 0 Å². The van der Waals surface area contributed by atoms with Crippen LogP contribution in [0.15, 0.2) is 30.3 Å². The lowest BCUT2D eigenvalue weighted by Crippen LogP contribution is -1.78. The maximum Gasteiger partial charge on any atom is 0.0475 e. The highest BCUT2D eigenvalue weighted by atomic mass is 32.2. The molecule has 0 saturated heterocycles. The molecular formula is C9H10S. The van der Waals surface area contributed by atoms with Gasteiger partial charge in [0, 0.05) is 5.25 Å². The quantitative estimate of drug-likeness (QED) is 0.539. The fourth-order valence-corrected chi connectivity index (χ4v) is 2.50. The first-order valence-electron chi connectivity index (χ1n) is 3.41. The van der Waals surface area contributed by atoms with E-state index >= 15 is 0 Å². The Bertz CT molecular complexity index is 261. The number of benzene rings is 1. The molecule has 0 saturated carbocycles. The van der Waals surface area contributed by atoms with Crippen LogP contribution < -0.4 is 0 Å². The Morgan fingerprint density at radius 1 is 1.20 bits per heavy atom. The Kier molecular flexibility index (Phi) is 1.38. The lowest BCUT2D eigenvalue weighted by molar-refractivity contribution is 1.37. The molecule has 1 aliphatic rings.